The minimum Gasteiger partial charge on any atom is -0.336 e. The summed E-state index contributed by atoms with van der Waals surface area (Å²) in [5.74, 6) is 1.20. The lowest BCUT2D eigenvalue weighted by atomic mass is 10.0. The predicted molar refractivity (Wildman–Crippen MR) is 78.9 cm³/mol. The summed E-state index contributed by atoms with van der Waals surface area (Å²) in [5, 5.41) is 2.90. The van der Waals surface area contributed by atoms with Gasteiger partial charge in [-0.15, -0.1) is 0 Å². The molecule has 6 heteroatoms. The van der Waals surface area contributed by atoms with Crippen LogP contribution in [0.2, 0.25) is 0 Å². The minimum atomic E-state index is 0.123. The average Bonchev–Trinajstić information content (AvgIpc) is 3.09. The van der Waals surface area contributed by atoms with E-state index in [9.17, 15) is 4.79 Å². The van der Waals surface area contributed by atoms with Crippen molar-refractivity contribution < 1.29 is 4.79 Å². The molecule has 3 heterocycles. The summed E-state index contributed by atoms with van der Waals surface area (Å²) in [6.45, 7) is 4.74. The summed E-state index contributed by atoms with van der Waals surface area (Å²) < 4.78 is 2.35. The number of nitrogens with zero attached hydrogens (tertiary/aromatic N) is 4. The highest BCUT2D eigenvalue weighted by atomic mass is 16.2. The maximum atomic E-state index is 11.7. The fourth-order valence-corrected chi connectivity index (χ4v) is 3.58. The van der Waals surface area contributed by atoms with E-state index >= 15 is 0 Å². The van der Waals surface area contributed by atoms with Gasteiger partial charge in [0, 0.05) is 50.7 Å². The summed E-state index contributed by atoms with van der Waals surface area (Å²) in [5.41, 5.74) is 0. The van der Waals surface area contributed by atoms with E-state index in [-0.39, 0.29) is 6.03 Å². The van der Waals surface area contributed by atoms with E-state index in [0.717, 1.165) is 45.6 Å². The molecule has 1 aromatic rings. The molecule has 0 spiro atoms. The number of carbonyl (C=O) groups excluding carboxylic acids is 1. The van der Waals surface area contributed by atoms with E-state index < -0.39 is 0 Å². The first-order valence-electron chi connectivity index (χ1n) is 8.10. The van der Waals surface area contributed by atoms with Crippen molar-refractivity contribution in [1.29, 1.82) is 0 Å². The maximum absolute atomic E-state index is 11.7. The Bertz CT molecular complexity index is 516. The Hall–Kier alpha value is -1.56. The molecule has 2 amide bonds. The molecular weight excluding hydrogens is 266 g/mol. The molecule has 2 saturated heterocycles. The second-order valence-electron chi connectivity index (χ2n) is 6.41. The number of nitrogens with one attached hydrogen (secondary N) is 1. The Morgan fingerprint density at radius 1 is 1.14 bits per heavy atom. The van der Waals surface area contributed by atoms with Gasteiger partial charge in [0.15, 0.2) is 0 Å². The van der Waals surface area contributed by atoms with E-state index in [0.29, 0.717) is 12.1 Å². The first kappa shape index (κ1) is 13.1. The van der Waals surface area contributed by atoms with Crippen LogP contribution < -0.4 is 5.32 Å². The number of rotatable bonds is 4. The molecule has 0 atom stereocenters. The fraction of sp³-hybridized carbons (Fsp3) is 0.733. The summed E-state index contributed by atoms with van der Waals surface area (Å²) in [4.78, 5) is 20.7. The topological polar surface area (TPSA) is 53.4 Å². The molecule has 4 rings (SSSR count). The molecule has 2 aliphatic heterocycles. The van der Waals surface area contributed by atoms with Gasteiger partial charge in [0.05, 0.1) is 6.54 Å². The lowest BCUT2D eigenvalue weighted by Crippen LogP contribution is -2.46. The number of carbonyl (C=O) groups is 1. The van der Waals surface area contributed by atoms with Gasteiger partial charge < -0.3 is 14.8 Å². The van der Waals surface area contributed by atoms with Gasteiger partial charge in [-0.2, -0.15) is 0 Å². The predicted octanol–water partition coefficient (Wildman–Crippen LogP) is 1.21. The normalized spacial score (nSPS) is 24.6. The first-order valence-corrected chi connectivity index (χ1v) is 8.10. The van der Waals surface area contributed by atoms with Crippen LogP contribution in [-0.4, -0.2) is 57.6 Å². The Balaban J connectivity index is 1.33. The van der Waals surface area contributed by atoms with E-state index in [1.807, 2.05) is 11.1 Å². The highest BCUT2D eigenvalue weighted by Gasteiger charge is 2.31. The molecule has 1 N–H and O–H groups in total. The van der Waals surface area contributed by atoms with E-state index in [4.69, 9.17) is 0 Å². The molecule has 21 heavy (non-hydrogen) atoms. The highest BCUT2D eigenvalue weighted by molar-refractivity contribution is 5.76. The second-order valence-corrected chi connectivity index (χ2v) is 6.41. The third-order valence-electron chi connectivity index (χ3n) is 4.94. The van der Waals surface area contributed by atoms with Crippen LogP contribution in [0.5, 0.6) is 0 Å². The number of imidazole rings is 1. The molecule has 6 nitrogen and oxygen atoms in total. The molecule has 3 aliphatic rings. The Kier molecular flexibility index (Phi) is 3.33. The van der Waals surface area contributed by atoms with Crippen LogP contribution in [0.25, 0.3) is 0 Å². The molecule has 0 bridgehead atoms. The largest absolute Gasteiger partial charge is 0.336 e. The quantitative estimate of drug-likeness (QED) is 0.906. The Labute approximate surface area is 125 Å². The summed E-state index contributed by atoms with van der Waals surface area (Å²) in [6, 6.07) is 1.25. The van der Waals surface area contributed by atoms with Crippen LogP contribution in [0.4, 0.5) is 4.79 Å². The molecule has 114 valence electrons. The smallest absolute Gasteiger partial charge is 0.317 e. The standard InChI is InChI=1S/C15H23N5O/c21-15-17-6-10-20(15)13-3-7-18(8-4-13)11-14-16-5-9-19(14)12-1-2-12/h5,9,12-13H,1-4,6-8,10-11H2,(H,17,21). The zero-order valence-electron chi connectivity index (χ0n) is 12.4. The van der Waals surface area contributed by atoms with Gasteiger partial charge in [0.25, 0.3) is 0 Å². The number of hydrogen-bond donors (Lipinski definition) is 1. The summed E-state index contributed by atoms with van der Waals surface area (Å²) >= 11 is 0. The van der Waals surface area contributed by atoms with Crippen LogP contribution in [0.15, 0.2) is 12.4 Å². The molecule has 1 aliphatic carbocycles. The van der Waals surface area contributed by atoms with Crippen molar-refractivity contribution in [3.63, 3.8) is 0 Å². The van der Waals surface area contributed by atoms with Crippen molar-refractivity contribution in [1.82, 2.24) is 24.7 Å². The van der Waals surface area contributed by atoms with Gasteiger partial charge in [-0.3, -0.25) is 4.90 Å². The van der Waals surface area contributed by atoms with Crippen molar-refractivity contribution in [2.24, 2.45) is 0 Å². The van der Waals surface area contributed by atoms with Crippen molar-refractivity contribution in [2.45, 2.75) is 44.3 Å². The number of aromatic nitrogens is 2. The lowest BCUT2D eigenvalue weighted by molar-refractivity contribution is 0.129. The average molecular weight is 289 g/mol. The number of piperidine rings is 1. The van der Waals surface area contributed by atoms with Crippen molar-refractivity contribution >= 4 is 6.03 Å². The number of amides is 2. The molecule has 0 aromatic carbocycles. The second kappa shape index (κ2) is 5.33. The molecular formula is C15H23N5O. The van der Waals surface area contributed by atoms with Crippen LogP contribution in [-0.2, 0) is 6.54 Å². The number of likely N-dealkylation sites (tertiary alicyclic amines) is 1. The Morgan fingerprint density at radius 2 is 1.95 bits per heavy atom. The van der Waals surface area contributed by atoms with E-state index in [1.165, 1.54) is 18.7 Å². The van der Waals surface area contributed by atoms with Gasteiger partial charge in [-0.1, -0.05) is 0 Å². The zero-order valence-corrected chi connectivity index (χ0v) is 12.4. The van der Waals surface area contributed by atoms with Crippen molar-refractivity contribution in [3.8, 4) is 0 Å². The maximum Gasteiger partial charge on any atom is 0.317 e. The third-order valence-corrected chi connectivity index (χ3v) is 4.94. The summed E-state index contributed by atoms with van der Waals surface area (Å²) in [6.07, 6.45) is 8.81. The van der Waals surface area contributed by atoms with Gasteiger partial charge in [0.2, 0.25) is 0 Å². The van der Waals surface area contributed by atoms with Gasteiger partial charge >= 0.3 is 6.03 Å². The highest BCUT2D eigenvalue weighted by Crippen LogP contribution is 2.35. The zero-order chi connectivity index (χ0) is 14.2. The van der Waals surface area contributed by atoms with Crippen LogP contribution in [0.1, 0.15) is 37.5 Å². The van der Waals surface area contributed by atoms with Crippen molar-refractivity contribution in [3.05, 3.63) is 18.2 Å². The first-order chi connectivity index (χ1) is 10.3. The van der Waals surface area contributed by atoms with Crippen LogP contribution in [0, 0.1) is 0 Å². The summed E-state index contributed by atoms with van der Waals surface area (Å²) in [7, 11) is 0. The van der Waals surface area contributed by atoms with Crippen LogP contribution >= 0.6 is 0 Å². The molecule has 0 unspecified atom stereocenters. The minimum absolute atomic E-state index is 0.123. The van der Waals surface area contributed by atoms with Gasteiger partial charge in [0.1, 0.15) is 5.82 Å². The van der Waals surface area contributed by atoms with E-state index in [1.54, 1.807) is 0 Å². The number of hydrogen-bond acceptors (Lipinski definition) is 3. The van der Waals surface area contributed by atoms with Gasteiger partial charge in [-0.25, -0.2) is 9.78 Å². The third kappa shape index (κ3) is 2.64. The van der Waals surface area contributed by atoms with E-state index in [2.05, 4.69) is 26.0 Å². The molecule has 1 saturated carbocycles. The van der Waals surface area contributed by atoms with Crippen molar-refractivity contribution in [2.75, 3.05) is 26.2 Å². The monoisotopic (exact) mass is 289 g/mol. The molecule has 0 radical (unpaired) electrons. The van der Waals surface area contributed by atoms with Crippen LogP contribution in [0.3, 0.4) is 0 Å². The Morgan fingerprint density at radius 3 is 2.62 bits per heavy atom. The number of urea groups is 1. The fourth-order valence-electron chi connectivity index (χ4n) is 3.58. The SMILES string of the molecule is O=C1NCCN1C1CCN(Cc2nccn2C2CC2)CC1. The molecule has 3 fully saturated rings. The molecule has 1 aromatic heterocycles. The lowest BCUT2D eigenvalue weighted by Gasteiger charge is -2.36. The van der Waals surface area contributed by atoms with Gasteiger partial charge in [-0.05, 0) is 25.7 Å².